The predicted octanol–water partition coefficient (Wildman–Crippen LogP) is 2.94. The fraction of sp³-hybridized carbons (Fsp3) is 0.929. The molecule has 20 heavy (non-hydrogen) atoms. The number of amides is 1. The zero-order valence-electron chi connectivity index (χ0n) is 12.4. The van der Waals surface area contributed by atoms with Crippen molar-refractivity contribution in [1.82, 2.24) is 10.2 Å². The van der Waals surface area contributed by atoms with Crippen LogP contribution < -0.4 is 5.32 Å². The highest BCUT2D eigenvalue weighted by molar-refractivity contribution is 5.85. The molecule has 1 fully saturated rings. The summed E-state index contributed by atoms with van der Waals surface area (Å²) in [6, 6.07) is 0. The third-order valence-corrected chi connectivity index (χ3v) is 3.84. The Balaban J connectivity index is 0.00000361. The van der Waals surface area contributed by atoms with E-state index in [0.29, 0.717) is 18.9 Å². The van der Waals surface area contributed by atoms with Gasteiger partial charge in [0, 0.05) is 13.0 Å². The molecule has 0 aromatic heterocycles. The van der Waals surface area contributed by atoms with E-state index in [1.165, 1.54) is 4.90 Å². The van der Waals surface area contributed by atoms with Gasteiger partial charge in [-0.3, -0.25) is 4.79 Å². The topological polar surface area (TPSA) is 32.3 Å². The SMILES string of the molecule is CCCN(CC(F)F)C(=O)CC(C)C1CCCNC1.Cl. The van der Waals surface area contributed by atoms with Crippen molar-refractivity contribution in [1.29, 1.82) is 0 Å². The number of nitrogens with one attached hydrogen (secondary N) is 1. The molecule has 1 aliphatic rings. The maximum absolute atomic E-state index is 12.5. The van der Waals surface area contributed by atoms with Gasteiger partial charge in [0.25, 0.3) is 6.43 Å². The van der Waals surface area contributed by atoms with E-state index in [2.05, 4.69) is 12.2 Å². The lowest BCUT2D eigenvalue weighted by molar-refractivity contribution is -0.134. The van der Waals surface area contributed by atoms with Crippen LogP contribution in [0.4, 0.5) is 8.78 Å². The Labute approximate surface area is 126 Å². The molecule has 0 aliphatic carbocycles. The standard InChI is InChI=1S/C14H26F2N2O.ClH/c1-3-7-18(10-13(15)16)14(19)8-11(2)12-5-4-6-17-9-12;/h11-13,17H,3-10H2,1-2H3;1H. The van der Waals surface area contributed by atoms with Crippen molar-refractivity contribution >= 4 is 18.3 Å². The van der Waals surface area contributed by atoms with Crippen LogP contribution in [-0.4, -0.2) is 43.4 Å². The van der Waals surface area contributed by atoms with Crippen molar-refractivity contribution in [3.8, 4) is 0 Å². The largest absolute Gasteiger partial charge is 0.337 e. The lowest BCUT2D eigenvalue weighted by Crippen LogP contribution is -2.39. The highest BCUT2D eigenvalue weighted by Crippen LogP contribution is 2.23. The fourth-order valence-corrected chi connectivity index (χ4v) is 2.69. The molecule has 3 nitrogen and oxygen atoms in total. The van der Waals surface area contributed by atoms with Gasteiger partial charge in [-0.1, -0.05) is 13.8 Å². The number of alkyl halides is 2. The molecule has 6 heteroatoms. The van der Waals surface area contributed by atoms with Gasteiger partial charge in [-0.15, -0.1) is 12.4 Å². The Morgan fingerprint density at radius 1 is 1.45 bits per heavy atom. The van der Waals surface area contributed by atoms with Crippen molar-refractivity contribution in [3.63, 3.8) is 0 Å². The lowest BCUT2D eigenvalue weighted by atomic mass is 9.85. The van der Waals surface area contributed by atoms with Crippen LogP contribution in [0.2, 0.25) is 0 Å². The summed E-state index contributed by atoms with van der Waals surface area (Å²) in [4.78, 5) is 13.4. The first-order chi connectivity index (χ1) is 9.04. The van der Waals surface area contributed by atoms with Crippen LogP contribution in [0.5, 0.6) is 0 Å². The maximum atomic E-state index is 12.5. The van der Waals surface area contributed by atoms with Crippen molar-refractivity contribution < 1.29 is 13.6 Å². The third-order valence-electron chi connectivity index (χ3n) is 3.84. The van der Waals surface area contributed by atoms with Crippen LogP contribution in [0, 0.1) is 11.8 Å². The fourth-order valence-electron chi connectivity index (χ4n) is 2.69. The summed E-state index contributed by atoms with van der Waals surface area (Å²) in [6.45, 7) is 5.95. The lowest BCUT2D eigenvalue weighted by Gasteiger charge is -2.30. The molecule has 1 amide bonds. The zero-order valence-corrected chi connectivity index (χ0v) is 13.2. The van der Waals surface area contributed by atoms with E-state index in [9.17, 15) is 13.6 Å². The smallest absolute Gasteiger partial charge is 0.255 e. The van der Waals surface area contributed by atoms with Gasteiger partial charge >= 0.3 is 0 Å². The van der Waals surface area contributed by atoms with E-state index >= 15 is 0 Å². The van der Waals surface area contributed by atoms with Crippen LogP contribution >= 0.6 is 12.4 Å². The maximum Gasteiger partial charge on any atom is 0.255 e. The van der Waals surface area contributed by atoms with E-state index in [1.807, 2.05) is 6.92 Å². The van der Waals surface area contributed by atoms with Gasteiger partial charge in [-0.05, 0) is 44.2 Å². The Morgan fingerprint density at radius 2 is 2.15 bits per heavy atom. The Bertz CT molecular complexity index is 274. The van der Waals surface area contributed by atoms with E-state index in [1.54, 1.807) is 0 Å². The molecule has 2 atom stereocenters. The van der Waals surface area contributed by atoms with Crippen LogP contribution in [0.25, 0.3) is 0 Å². The number of hydrogen-bond acceptors (Lipinski definition) is 2. The normalized spacial score (nSPS) is 20.4. The summed E-state index contributed by atoms with van der Waals surface area (Å²) < 4.78 is 24.9. The van der Waals surface area contributed by atoms with Gasteiger partial charge in [-0.25, -0.2) is 8.78 Å². The average Bonchev–Trinajstić information content (AvgIpc) is 2.38. The molecule has 1 aliphatic heterocycles. The summed E-state index contributed by atoms with van der Waals surface area (Å²) in [5.74, 6) is 0.630. The van der Waals surface area contributed by atoms with E-state index in [4.69, 9.17) is 0 Å². The molecule has 1 heterocycles. The molecule has 120 valence electrons. The second kappa shape index (κ2) is 10.3. The number of hydrogen-bond donors (Lipinski definition) is 1. The molecule has 0 spiro atoms. The van der Waals surface area contributed by atoms with Gasteiger partial charge < -0.3 is 10.2 Å². The Hall–Kier alpha value is -0.420. The molecule has 2 unspecified atom stereocenters. The molecule has 1 saturated heterocycles. The highest BCUT2D eigenvalue weighted by Gasteiger charge is 2.25. The minimum absolute atomic E-state index is 0. The molecule has 0 aromatic rings. The van der Waals surface area contributed by atoms with Crippen LogP contribution in [0.15, 0.2) is 0 Å². The molecular weight excluding hydrogens is 286 g/mol. The van der Waals surface area contributed by atoms with Crippen molar-refractivity contribution in [3.05, 3.63) is 0 Å². The van der Waals surface area contributed by atoms with Crippen LogP contribution in [-0.2, 0) is 4.79 Å². The van der Waals surface area contributed by atoms with E-state index in [0.717, 1.165) is 32.4 Å². The summed E-state index contributed by atoms with van der Waals surface area (Å²) in [7, 11) is 0. The van der Waals surface area contributed by atoms with Crippen molar-refractivity contribution in [2.24, 2.45) is 11.8 Å². The summed E-state index contributed by atoms with van der Waals surface area (Å²) in [5.41, 5.74) is 0. The molecule has 0 bridgehead atoms. The molecule has 0 aromatic carbocycles. The minimum Gasteiger partial charge on any atom is -0.337 e. The molecular formula is C14H27ClF2N2O. The van der Waals surface area contributed by atoms with Crippen LogP contribution in [0.1, 0.15) is 39.5 Å². The number of carbonyl (C=O) groups excluding carboxylic acids is 1. The number of rotatable bonds is 7. The monoisotopic (exact) mass is 312 g/mol. The second-order valence-corrected chi connectivity index (χ2v) is 5.52. The van der Waals surface area contributed by atoms with Gasteiger partial charge in [0.1, 0.15) is 0 Å². The Kier molecular flexibility index (Phi) is 10.1. The number of halogens is 3. The van der Waals surface area contributed by atoms with E-state index < -0.39 is 13.0 Å². The summed E-state index contributed by atoms with van der Waals surface area (Å²) >= 11 is 0. The van der Waals surface area contributed by atoms with Crippen molar-refractivity contribution in [2.45, 2.75) is 46.0 Å². The number of piperidine rings is 1. The van der Waals surface area contributed by atoms with Crippen molar-refractivity contribution in [2.75, 3.05) is 26.2 Å². The first kappa shape index (κ1) is 19.6. The highest BCUT2D eigenvalue weighted by atomic mass is 35.5. The van der Waals surface area contributed by atoms with Gasteiger partial charge in [0.05, 0.1) is 6.54 Å². The Morgan fingerprint density at radius 3 is 2.65 bits per heavy atom. The molecule has 1 N–H and O–H groups in total. The zero-order chi connectivity index (χ0) is 14.3. The first-order valence-corrected chi connectivity index (χ1v) is 7.31. The van der Waals surface area contributed by atoms with Gasteiger partial charge in [-0.2, -0.15) is 0 Å². The predicted molar refractivity (Wildman–Crippen MR) is 79.5 cm³/mol. The molecule has 1 rings (SSSR count). The number of carbonyl (C=O) groups is 1. The summed E-state index contributed by atoms with van der Waals surface area (Å²) in [6.07, 6.45) is 0.932. The number of nitrogens with zero attached hydrogens (tertiary/aromatic N) is 1. The average molecular weight is 313 g/mol. The summed E-state index contributed by atoms with van der Waals surface area (Å²) in [5, 5.41) is 3.33. The van der Waals surface area contributed by atoms with Gasteiger partial charge in [0.2, 0.25) is 5.91 Å². The third kappa shape index (κ3) is 6.84. The minimum atomic E-state index is -2.44. The molecule has 0 saturated carbocycles. The van der Waals surface area contributed by atoms with Crippen LogP contribution in [0.3, 0.4) is 0 Å². The first-order valence-electron chi connectivity index (χ1n) is 7.31. The quantitative estimate of drug-likeness (QED) is 0.784. The van der Waals surface area contributed by atoms with E-state index in [-0.39, 0.29) is 24.2 Å². The second-order valence-electron chi connectivity index (χ2n) is 5.52. The molecule has 0 radical (unpaired) electrons. The van der Waals surface area contributed by atoms with Gasteiger partial charge in [0.15, 0.2) is 0 Å².